The lowest BCUT2D eigenvalue weighted by Gasteiger charge is -2.62. The van der Waals surface area contributed by atoms with E-state index in [-0.39, 0.29) is 70.4 Å². The molecule has 348 valence electrons. The number of rotatable bonds is 12. The van der Waals surface area contributed by atoms with E-state index in [2.05, 4.69) is 46.9 Å². The first-order valence-corrected chi connectivity index (χ1v) is 26.7. The van der Waals surface area contributed by atoms with Crippen LogP contribution in [0.15, 0.2) is 0 Å². The zero-order chi connectivity index (χ0) is 43.9. The van der Waals surface area contributed by atoms with Crippen molar-refractivity contribution in [1.82, 2.24) is 5.32 Å². The Labute approximate surface area is 368 Å². The summed E-state index contributed by atoms with van der Waals surface area (Å²) in [5.41, 5.74) is 0.588. The van der Waals surface area contributed by atoms with E-state index in [1.54, 1.807) is 0 Å². The topological polar surface area (TPSA) is 170 Å². The van der Waals surface area contributed by atoms with Crippen LogP contribution in [0.3, 0.4) is 0 Å². The molecule has 0 bridgehead atoms. The Balaban J connectivity index is 0.918. The summed E-state index contributed by atoms with van der Waals surface area (Å²) in [4.78, 5) is 26.9. The molecular formula is C50H83NO9S. The average Bonchev–Trinajstić information content (AvgIpc) is 3.73. The standard InChI is InChI=1S/C50H83NO9S/c1-29(7-13-43(55)51-23-24-61(57,58)59)35-10-12-38-46-40(18-22-50(35,38)6)48(4)20-16-34(53)26-32(48)28-42(46)60-44(56)14-8-30(2)36-9-11-37-45-39(17-21-49(36,37)5)47(3)19-15-33(52)25-31(47)27-41(45)54/h29-42,45-46,52-54H,7-28H2,1-6H3,(H,51,55)(H,57,58,59)/t29-,30+,31?,32?,33-,34-,35-,36-,37?,38?,39+,40+,41+,42+,45+,46+,47+,48+,49-,50-/m1/s1. The Hall–Kier alpha value is -1.27. The van der Waals surface area contributed by atoms with Gasteiger partial charge in [0.05, 0.1) is 24.1 Å². The molecule has 61 heavy (non-hydrogen) atoms. The summed E-state index contributed by atoms with van der Waals surface area (Å²) < 4.78 is 38.1. The molecular weight excluding hydrogens is 791 g/mol. The van der Waals surface area contributed by atoms with Crippen LogP contribution < -0.4 is 5.32 Å². The molecule has 8 aliphatic carbocycles. The van der Waals surface area contributed by atoms with Gasteiger partial charge in [0.1, 0.15) is 6.10 Å². The molecule has 11 heteroatoms. The molecule has 0 aromatic heterocycles. The first-order valence-electron chi connectivity index (χ1n) is 25.1. The largest absolute Gasteiger partial charge is 0.462 e. The van der Waals surface area contributed by atoms with Crippen molar-refractivity contribution < 1.29 is 42.6 Å². The highest BCUT2D eigenvalue weighted by Gasteiger charge is 2.65. The number of aliphatic hydroxyl groups excluding tert-OH is 3. The first kappa shape index (κ1) is 46.3. The van der Waals surface area contributed by atoms with Crippen LogP contribution in [-0.2, 0) is 24.4 Å². The van der Waals surface area contributed by atoms with E-state index in [1.807, 2.05) is 0 Å². The average molecular weight is 874 g/mol. The number of fused-ring (bicyclic) bond motifs is 10. The molecule has 10 nitrogen and oxygen atoms in total. The van der Waals surface area contributed by atoms with Crippen molar-refractivity contribution in [2.24, 2.45) is 92.7 Å². The van der Waals surface area contributed by atoms with Crippen molar-refractivity contribution in [2.75, 3.05) is 12.3 Å². The third kappa shape index (κ3) is 8.43. The van der Waals surface area contributed by atoms with E-state index in [9.17, 15) is 33.3 Å². The maximum atomic E-state index is 14.2. The number of carbonyl (C=O) groups is 2. The molecule has 0 aromatic rings. The number of hydrogen-bond donors (Lipinski definition) is 5. The van der Waals surface area contributed by atoms with Crippen LogP contribution >= 0.6 is 0 Å². The Morgan fingerprint density at radius 1 is 0.639 bits per heavy atom. The highest BCUT2D eigenvalue weighted by Crippen LogP contribution is 2.70. The molecule has 0 spiro atoms. The van der Waals surface area contributed by atoms with E-state index in [4.69, 9.17) is 9.29 Å². The minimum atomic E-state index is -4.12. The number of hydrogen-bond acceptors (Lipinski definition) is 8. The summed E-state index contributed by atoms with van der Waals surface area (Å²) in [6.07, 6.45) is 17.6. The lowest BCUT2D eigenvalue weighted by Crippen LogP contribution is -2.59. The lowest BCUT2D eigenvalue weighted by molar-refractivity contribution is -0.196. The van der Waals surface area contributed by atoms with E-state index in [1.165, 1.54) is 19.3 Å². The monoisotopic (exact) mass is 874 g/mol. The van der Waals surface area contributed by atoms with Gasteiger partial charge in [-0.25, -0.2) is 0 Å². The van der Waals surface area contributed by atoms with Gasteiger partial charge in [0.25, 0.3) is 10.1 Å². The van der Waals surface area contributed by atoms with Crippen LogP contribution in [0.1, 0.15) is 170 Å². The SMILES string of the molecule is C[C@H](CCC(=O)NCCS(=O)(=O)O)[C@H]1CCC2[C@@H]3[C@@H](OC(=O)CC[C@H](C)[C@H]4CCC5[C@@H]6[C@@H](O)CC7C[C@H](O)CC[C@]7(C)[C@H]6CC[C@@]54C)CC4C[C@H](O)CC[C@]4(C)[C@H]3CC[C@@]21C. The second-order valence-corrected chi connectivity index (χ2v) is 25.6. The van der Waals surface area contributed by atoms with Crippen LogP contribution in [-0.4, -0.2) is 76.9 Å². The molecule has 8 rings (SSSR count). The van der Waals surface area contributed by atoms with Crippen LogP contribution in [0.4, 0.5) is 0 Å². The molecule has 0 saturated heterocycles. The van der Waals surface area contributed by atoms with Gasteiger partial charge in [0.2, 0.25) is 5.91 Å². The quantitative estimate of drug-likeness (QED) is 0.0956. The van der Waals surface area contributed by atoms with Crippen molar-refractivity contribution >= 4 is 22.0 Å². The third-order valence-corrected chi connectivity index (χ3v) is 22.1. The third-order valence-electron chi connectivity index (χ3n) is 21.4. The van der Waals surface area contributed by atoms with Gasteiger partial charge in [0, 0.05) is 25.3 Å². The zero-order valence-electron chi connectivity index (χ0n) is 38.5. The van der Waals surface area contributed by atoms with Crippen molar-refractivity contribution in [2.45, 2.75) is 194 Å². The zero-order valence-corrected chi connectivity index (χ0v) is 39.3. The number of amides is 1. The summed E-state index contributed by atoms with van der Waals surface area (Å²) in [6.45, 7) is 14.5. The summed E-state index contributed by atoms with van der Waals surface area (Å²) in [5.74, 6) is 4.26. The highest BCUT2D eigenvalue weighted by atomic mass is 32.2. The molecule has 0 aromatic carbocycles. The summed E-state index contributed by atoms with van der Waals surface area (Å²) in [6, 6.07) is 0. The minimum Gasteiger partial charge on any atom is -0.462 e. The predicted molar refractivity (Wildman–Crippen MR) is 235 cm³/mol. The second-order valence-electron chi connectivity index (χ2n) is 24.0. The summed E-state index contributed by atoms with van der Waals surface area (Å²) in [7, 11) is -4.12. The van der Waals surface area contributed by atoms with Gasteiger partial charge in [-0.2, -0.15) is 8.42 Å². The molecule has 0 radical (unpaired) electrons. The molecule has 4 unspecified atom stereocenters. The number of nitrogens with one attached hydrogen (secondary N) is 1. The predicted octanol–water partition coefficient (Wildman–Crippen LogP) is 8.36. The first-order chi connectivity index (χ1) is 28.7. The van der Waals surface area contributed by atoms with Crippen molar-refractivity contribution in [1.29, 1.82) is 0 Å². The summed E-state index contributed by atoms with van der Waals surface area (Å²) >= 11 is 0. The van der Waals surface area contributed by atoms with Gasteiger partial charge in [-0.15, -0.1) is 0 Å². The van der Waals surface area contributed by atoms with Gasteiger partial charge in [-0.05, 0) is 202 Å². The maximum absolute atomic E-state index is 14.2. The molecule has 5 N–H and O–H groups in total. The fourth-order valence-corrected chi connectivity index (χ4v) is 18.6. The van der Waals surface area contributed by atoms with Crippen molar-refractivity contribution in [3.05, 3.63) is 0 Å². The van der Waals surface area contributed by atoms with Gasteiger partial charge >= 0.3 is 5.97 Å². The van der Waals surface area contributed by atoms with Crippen LogP contribution in [0.25, 0.3) is 0 Å². The Kier molecular flexibility index (Phi) is 13.0. The van der Waals surface area contributed by atoms with Crippen LogP contribution in [0.2, 0.25) is 0 Å². The van der Waals surface area contributed by atoms with E-state index >= 15 is 0 Å². The van der Waals surface area contributed by atoms with Crippen molar-refractivity contribution in [3.8, 4) is 0 Å². The smallest absolute Gasteiger partial charge is 0.306 e. The molecule has 0 heterocycles. The van der Waals surface area contributed by atoms with E-state index in [0.717, 1.165) is 96.3 Å². The van der Waals surface area contributed by atoms with E-state index < -0.39 is 15.9 Å². The van der Waals surface area contributed by atoms with Gasteiger partial charge in [-0.1, -0.05) is 41.5 Å². The lowest BCUT2D eigenvalue weighted by atomic mass is 9.43. The van der Waals surface area contributed by atoms with Gasteiger partial charge < -0.3 is 25.4 Å². The Bertz CT molecular complexity index is 1720. The van der Waals surface area contributed by atoms with Crippen LogP contribution in [0.5, 0.6) is 0 Å². The number of aliphatic hydroxyl groups is 3. The van der Waals surface area contributed by atoms with Gasteiger partial charge in [-0.3, -0.25) is 14.1 Å². The van der Waals surface area contributed by atoms with Gasteiger partial charge in [0.15, 0.2) is 0 Å². The molecule has 1 amide bonds. The normalized spacial score (nSPS) is 48.9. The molecule has 8 saturated carbocycles. The fraction of sp³-hybridized carbons (Fsp3) is 0.960. The Morgan fingerprint density at radius 3 is 1.67 bits per heavy atom. The minimum absolute atomic E-state index is 0.0599. The highest BCUT2D eigenvalue weighted by molar-refractivity contribution is 7.85. The second kappa shape index (κ2) is 17.2. The van der Waals surface area contributed by atoms with E-state index in [0.29, 0.717) is 77.9 Å². The summed E-state index contributed by atoms with van der Waals surface area (Å²) in [5, 5.41) is 35.8. The fourth-order valence-electron chi connectivity index (χ4n) is 18.2. The number of carbonyl (C=O) groups excluding carboxylic acids is 2. The molecule has 8 fully saturated rings. The molecule has 20 atom stereocenters. The number of esters is 1. The maximum Gasteiger partial charge on any atom is 0.306 e. The van der Waals surface area contributed by atoms with Crippen LogP contribution in [0, 0.1) is 92.7 Å². The van der Waals surface area contributed by atoms with Crippen molar-refractivity contribution in [3.63, 3.8) is 0 Å². The number of ether oxygens (including phenoxy) is 1. The molecule has 0 aliphatic heterocycles. The molecule has 8 aliphatic rings. The Morgan fingerprint density at radius 2 is 1.11 bits per heavy atom.